The molecule has 2 unspecified atom stereocenters. The fourth-order valence-corrected chi connectivity index (χ4v) is 3.28. The Bertz CT molecular complexity index is 401. The molecule has 0 bridgehead atoms. The van der Waals surface area contributed by atoms with Gasteiger partial charge in [-0.2, -0.15) is 0 Å². The van der Waals surface area contributed by atoms with Gasteiger partial charge >= 0.3 is 0 Å². The highest BCUT2D eigenvalue weighted by atomic mass is 16.5. The number of tetrazole rings is 1. The van der Waals surface area contributed by atoms with E-state index in [4.69, 9.17) is 4.74 Å². The minimum Gasteiger partial charge on any atom is -0.378 e. The summed E-state index contributed by atoms with van der Waals surface area (Å²) in [5.74, 6) is 2.50. The van der Waals surface area contributed by atoms with Gasteiger partial charge in [-0.1, -0.05) is 24.9 Å². The minimum atomic E-state index is 0.729. The summed E-state index contributed by atoms with van der Waals surface area (Å²) in [4.78, 5) is 2.23. The molecule has 0 N–H and O–H groups in total. The smallest absolute Gasteiger partial charge is 0.245 e. The summed E-state index contributed by atoms with van der Waals surface area (Å²) in [5, 5.41) is 12.2. The number of aromatic nitrogens is 4. The number of anilines is 1. The normalized spacial score (nSPS) is 28.6. The number of morpholine rings is 1. The van der Waals surface area contributed by atoms with E-state index in [2.05, 4.69) is 27.3 Å². The molecule has 0 radical (unpaired) electrons. The summed E-state index contributed by atoms with van der Waals surface area (Å²) >= 11 is 0. The van der Waals surface area contributed by atoms with Gasteiger partial charge in [0.1, 0.15) is 0 Å². The van der Waals surface area contributed by atoms with Crippen LogP contribution in [-0.2, 0) is 11.3 Å². The van der Waals surface area contributed by atoms with Gasteiger partial charge in [0.25, 0.3) is 0 Å². The molecule has 2 atom stereocenters. The number of hydrogen-bond acceptors (Lipinski definition) is 5. The van der Waals surface area contributed by atoms with Crippen LogP contribution < -0.4 is 4.90 Å². The molecule has 6 heteroatoms. The molecule has 0 amide bonds. The number of ether oxygens (including phenoxy) is 1. The van der Waals surface area contributed by atoms with Gasteiger partial charge < -0.3 is 9.64 Å². The Hall–Kier alpha value is -1.17. The lowest BCUT2D eigenvalue weighted by molar-refractivity contribution is 0.121. The molecular weight excluding hydrogens is 242 g/mol. The Balaban J connectivity index is 1.65. The Labute approximate surface area is 114 Å². The van der Waals surface area contributed by atoms with Crippen molar-refractivity contribution in [3.8, 4) is 0 Å². The zero-order chi connectivity index (χ0) is 13.1. The first-order valence-electron chi connectivity index (χ1n) is 7.42. The number of rotatable bonds is 3. The molecule has 2 aliphatic rings. The van der Waals surface area contributed by atoms with Gasteiger partial charge in [-0.15, -0.1) is 0 Å². The lowest BCUT2D eigenvalue weighted by Gasteiger charge is -2.29. The van der Waals surface area contributed by atoms with Gasteiger partial charge in [-0.3, -0.25) is 0 Å². The van der Waals surface area contributed by atoms with E-state index in [1.165, 1.54) is 25.7 Å². The van der Waals surface area contributed by atoms with Crippen molar-refractivity contribution in [3.05, 3.63) is 0 Å². The van der Waals surface area contributed by atoms with Gasteiger partial charge in [0.2, 0.25) is 5.95 Å². The van der Waals surface area contributed by atoms with Crippen LogP contribution in [0.1, 0.15) is 32.6 Å². The average Bonchev–Trinajstić information content (AvgIpc) is 2.88. The van der Waals surface area contributed by atoms with Crippen LogP contribution in [-0.4, -0.2) is 46.5 Å². The van der Waals surface area contributed by atoms with E-state index in [0.29, 0.717) is 0 Å². The molecule has 1 aromatic rings. The summed E-state index contributed by atoms with van der Waals surface area (Å²) in [6.45, 7) is 6.64. The summed E-state index contributed by atoms with van der Waals surface area (Å²) in [6, 6.07) is 0. The summed E-state index contributed by atoms with van der Waals surface area (Å²) in [7, 11) is 0. The number of hydrogen-bond donors (Lipinski definition) is 0. The Morgan fingerprint density at radius 2 is 2.11 bits per heavy atom. The van der Waals surface area contributed by atoms with E-state index in [0.717, 1.165) is 50.6 Å². The molecule has 106 valence electrons. The Morgan fingerprint density at radius 1 is 1.26 bits per heavy atom. The molecule has 0 aromatic carbocycles. The van der Waals surface area contributed by atoms with E-state index >= 15 is 0 Å². The van der Waals surface area contributed by atoms with Gasteiger partial charge in [-0.25, -0.2) is 4.68 Å². The van der Waals surface area contributed by atoms with Crippen LogP contribution in [0.3, 0.4) is 0 Å². The van der Waals surface area contributed by atoms with Crippen molar-refractivity contribution in [2.24, 2.45) is 11.8 Å². The summed E-state index contributed by atoms with van der Waals surface area (Å²) in [5.41, 5.74) is 0. The first-order valence-corrected chi connectivity index (χ1v) is 7.42. The molecular formula is C13H23N5O. The van der Waals surface area contributed by atoms with Crippen LogP contribution in [0.4, 0.5) is 5.95 Å². The van der Waals surface area contributed by atoms with Gasteiger partial charge in [0.05, 0.1) is 13.2 Å². The first kappa shape index (κ1) is 12.8. The monoisotopic (exact) mass is 265 g/mol. The van der Waals surface area contributed by atoms with Gasteiger partial charge in [-0.05, 0) is 35.1 Å². The third-order valence-electron chi connectivity index (χ3n) is 4.28. The number of nitrogens with zero attached hydrogens (tertiary/aromatic N) is 5. The van der Waals surface area contributed by atoms with Crippen LogP contribution in [0.25, 0.3) is 0 Å². The SMILES string of the molecule is CC1CCCC(Cn2nnnc2N2CCOCC2)C1. The molecule has 6 nitrogen and oxygen atoms in total. The summed E-state index contributed by atoms with van der Waals surface area (Å²) < 4.78 is 7.38. The molecule has 2 fully saturated rings. The Kier molecular flexibility index (Phi) is 3.96. The first-order chi connectivity index (χ1) is 9.33. The maximum atomic E-state index is 5.38. The second-order valence-electron chi connectivity index (χ2n) is 5.90. The lowest BCUT2D eigenvalue weighted by Crippen LogP contribution is -2.38. The van der Waals surface area contributed by atoms with Crippen molar-refractivity contribution in [2.45, 2.75) is 39.2 Å². The van der Waals surface area contributed by atoms with Gasteiger partial charge in [0.15, 0.2) is 0 Å². The zero-order valence-electron chi connectivity index (χ0n) is 11.7. The van der Waals surface area contributed by atoms with Crippen molar-refractivity contribution in [2.75, 3.05) is 31.2 Å². The second-order valence-corrected chi connectivity index (χ2v) is 5.90. The van der Waals surface area contributed by atoms with E-state index in [1.54, 1.807) is 0 Å². The predicted molar refractivity (Wildman–Crippen MR) is 72.0 cm³/mol. The van der Waals surface area contributed by atoms with E-state index in [9.17, 15) is 0 Å². The minimum absolute atomic E-state index is 0.729. The highest BCUT2D eigenvalue weighted by Gasteiger charge is 2.23. The molecule has 19 heavy (non-hydrogen) atoms. The lowest BCUT2D eigenvalue weighted by atomic mass is 9.82. The second kappa shape index (κ2) is 5.86. The van der Waals surface area contributed by atoms with Crippen LogP contribution in [0.2, 0.25) is 0 Å². The van der Waals surface area contributed by atoms with Gasteiger partial charge in [0, 0.05) is 19.6 Å². The third kappa shape index (κ3) is 3.05. The fraction of sp³-hybridized carbons (Fsp3) is 0.923. The highest BCUT2D eigenvalue weighted by molar-refractivity contribution is 5.28. The van der Waals surface area contributed by atoms with E-state index in [-0.39, 0.29) is 0 Å². The standard InChI is InChI=1S/C13H23N5O/c1-11-3-2-4-12(9-11)10-18-13(14-15-16-18)17-5-7-19-8-6-17/h11-12H,2-10H2,1H3. The van der Waals surface area contributed by atoms with Crippen molar-refractivity contribution in [1.29, 1.82) is 0 Å². The molecule has 2 heterocycles. The van der Waals surface area contributed by atoms with Crippen molar-refractivity contribution in [1.82, 2.24) is 20.2 Å². The van der Waals surface area contributed by atoms with E-state index in [1.807, 2.05) is 4.68 Å². The quantitative estimate of drug-likeness (QED) is 0.825. The topological polar surface area (TPSA) is 56.1 Å². The molecule has 0 spiro atoms. The molecule has 1 aliphatic heterocycles. The molecule has 1 aromatic heterocycles. The van der Waals surface area contributed by atoms with Crippen LogP contribution in [0.15, 0.2) is 0 Å². The maximum absolute atomic E-state index is 5.38. The third-order valence-corrected chi connectivity index (χ3v) is 4.28. The van der Waals surface area contributed by atoms with Crippen LogP contribution in [0.5, 0.6) is 0 Å². The Morgan fingerprint density at radius 3 is 2.89 bits per heavy atom. The zero-order valence-corrected chi connectivity index (χ0v) is 11.7. The van der Waals surface area contributed by atoms with Crippen molar-refractivity contribution in [3.63, 3.8) is 0 Å². The van der Waals surface area contributed by atoms with Crippen molar-refractivity contribution >= 4 is 5.95 Å². The van der Waals surface area contributed by atoms with E-state index < -0.39 is 0 Å². The van der Waals surface area contributed by atoms with Crippen LogP contribution >= 0.6 is 0 Å². The fourth-order valence-electron chi connectivity index (χ4n) is 3.28. The largest absolute Gasteiger partial charge is 0.378 e. The predicted octanol–water partition coefficient (Wildman–Crippen LogP) is 1.34. The van der Waals surface area contributed by atoms with Crippen LogP contribution in [0, 0.1) is 11.8 Å². The molecule has 3 rings (SSSR count). The average molecular weight is 265 g/mol. The molecule has 1 saturated carbocycles. The molecule has 1 aliphatic carbocycles. The molecule has 1 saturated heterocycles. The highest BCUT2D eigenvalue weighted by Crippen LogP contribution is 2.30. The maximum Gasteiger partial charge on any atom is 0.245 e. The summed E-state index contributed by atoms with van der Waals surface area (Å²) in [6.07, 6.45) is 5.35. The van der Waals surface area contributed by atoms with Crippen molar-refractivity contribution < 1.29 is 4.74 Å².